The SMILES string of the molecule is O=C(Nc1ccc2oc(-c3cccnc3)nc2c1)c1cccc2c(Cl)cccc12. The van der Waals surface area contributed by atoms with Gasteiger partial charge in [0.05, 0.1) is 5.56 Å². The van der Waals surface area contributed by atoms with Gasteiger partial charge in [-0.2, -0.15) is 0 Å². The van der Waals surface area contributed by atoms with Gasteiger partial charge in [-0.05, 0) is 47.9 Å². The van der Waals surface area contributed by atoms with Gasteiger partial charge in [0.25, 0.3) is 5.91 Å². The van der Waals surface area contributed by atoms with E-state index >= 15 is 0 Å². The Morgan fingerprint density at radius 3 is 2.69 bits per heavy atom. The predicted octanol–water partition coefficient (Wildman–Crippen LogP) is 5.95. The van der Waals surface area contributed by atoms with E-state index < -0.39 is 0 Å². The van der Waals surface area contributed by atoms with Crippen molar-refractivity contribution in [3.05, 3.63) is 89.7 Å². The molecule has 0 aliphatic rings. The summed E-state index contributed by atoms with van der Waals surface area (Å²) in [4.78, 5) is 21.5. The first kappa shape index (κ1) is 17.4. The smallest absolute Gasteiger partial charge is 0.256 e. The molecule has 0 aliphatic carbocycles. The van der Waals surface area contributed by atoms with E-state index in [0.29, 0.717) is 33.3 Å². The zero-order chi connectivity index (χ0) is 19.8. The van der Waals surface area contributed by atoms with Crippen molar-refractivity contribution in [1.29, 1.82) is 0 Å². The number of carbonyl (C=O) groups excluding carboxylic acids is 1. The number of oxazole rings is 1. The van der Waals surface area contributed by atoms with Gasteiger partial charge < -0.3 is 9.73 Å². The van der Waals surface area contributed by atoms with Crippen LogP contribution in [0.15, 0.2) is 83.5 Å². The molecule has 0 radical (unpaired) electrons. The fourth-order valence-electron chi connectivity index (χ4n) is 3.29. The molecule has 0 spiro atoms. The number of benzene rings is 3. The lowest BCUT2D eigenvalue weighted by Crippen LogP contribution is -2.12. The van der Waals surface area contributed by atoms with Gasteiger partial charge in [0.2, 0.25) is 5.89 Å². The Labute approximate surface area is 171 Å². The van der Waals surface area contributed by atoms with Gasteiger partial charge >= 0.3 is 0 Å². The minimum absolute atomic E-state index is 0.215. The van der Waals surface area contributed by atoms with E-state index in [1.165, 1.54) is 0 Å². The fraction of sp³-hybridized carbons (Fsp3) is 0. The van der Waals surface area contributed by atoms with E-state index in [-0.39, 0.29) is 5.91 Å². The summed E-state index contributed by atoms with van der Waals surface area (Å²) in [7, 11) is 0. The summed E-state index contributed by atoms with van der Waals surface area (Å²) in [5.41, 5.74) is 3.28. The maximum Gasteiger partial charge on any atom is 0.256 e. The van der Waals surface area contributed by atoms with Gasteiger partial charge in [-0.3, -0.25) is 9.78 Å². The molecular weight excluding hydrogens is 386 g/mol. The average molecular weight is 400 g/mol. The summed E-state index contributed by atoms with van der Waals surface area (Å²) in [6, 6.07) is 20.1. The number of halogens is 1. The summed E-state index contributed by atoms with van der Waals surface area (Å²) >= 11 is 6.26. The molecule has 1 N–H and O–H groups in total. The number of nitrogens with one attached hydrogen (secondary N) is 1. The van der Waals surface area contributed by atoms with Crippen molar-refractivity contribution in [1.82, 2.24) is 9.97 Å². The standard InChI is InChI=1S/C23H14ClN3O2/c24-19-8-2-5-16-17(19)6-1-7-18(16)22(28)26-15-9-10-21-20(12-15)27-23(29-21)14-4-3-11-25-13-14/h1-13H,(H,26,28). The van der Waals surface area contributed by atoms with E-state index in [2.05, 4.69) is 15.3 Å². The Hall–Kier alpha value is -3.70. The second-order valence-corrected chi connectivity index (χ2v) is 6.95. The van der Waals surface area contributed by atoms with Gasteiger partial charge in [-0.1, -0.05) is 35.9 Å². The van der Waals surface area contributed by atoms with Gasteiger partial charge in [-0.15, -0.1) is 0 Å². The van der Waals surface area contributed by atoms with Gasteiger partial charge in [0, 0.05) is 34.1 Å². The fourth-order valence-corrected chi connectivity index (χ4v) is 3.52. The maximum atomic E-state index is 12.9. The molecular formula is C23H14ClN3O2. The number of aromatic nitrogens is 2. The average Bonchev–Trinajstić information content (AvgIpc) is 3.18. The monoisotopic (exact) mass is 399 g/mol. The van der Waals surface area contributed by atoms with Crippen molar-refractivity contribution in [2.24, 2.45) is 0 Å². The first-order chi connectivity index (χ1) is 14.2. The van der Waals surface area contributed by atoms with Crippen molar-refractivity contribution in [2.45, 2.75) is 0 Å². The molecule has 2 heterocycles. The number of fused-ring (bicyclic) bond motifs is 2. The lowest BCUT2D eigenvalue weighted by atomic mass is 10.0. The molecule has 6 heteroatoms. The Kier molecular flexibility index (Phi) is 4.22. The molecule has 140 valence electrons. The van der Waals surface area contributed by atoms with Crippen LogP contribution in [0.25, 0.3) is 33.3 Å². The first-order valence-electron chi connectivity index (χ1n) is 8.99. The number of pyridine rings is 1. The Morgan fingerprint density at radius 1 is 0.966 bits per heavy atom. The van der Waals surface area contributed by atoms with E-state index in [1.54, 1.807) is 36.7 Å². The van der Waals surface area contributed by atoms with Gasteiger partial charge in [0.1, 0.15) is 5.52 Å². The maximum absolute atomic E-state index is 12.9. The molecule has 0 fully saturated rings. The summed E-state index contributed by atoms with van der Waals surface area (Å²) in [5.74, 6) is 0.272. The highest BCUT2D eigenvalue weighted by Gasteiger charge is 2.13. The molecule has 0 saturated carbocycles. The third-order valence-corrected chi connectivity index (χ3v) is 5.00. The first-order valence-corrected chi connectivity index (χ1v) is 9.36. The number of nitrogens with zero attached hydrogens (tertiary/aromatic N) is 2. The van der Waals surface area contributed by atoms with Gasteiger partial charge in [-0.25, -0.2) is 4.98 Å². The van der Waals surface area contributed by atoms with E-state index in [9.17, 15) is 4.79 Å². The minimum atomic E-state index is -0.215. The van der Waals surface area contributed by atoms with E-state index in [1.807, 2.05) is 42.5 Å². The highest BCUT2D eigenvalue weighted by molar-refractivity contribution is 6.36. The molecule has 29 heavy (non-hydrogen) atoms. The number of anilines is 1. The molecule has 0 saturated heterocycles. The van der Waals surface area contributed by atoms with Crippen molar-refractivity contribution >= 4 is 45.1 Å². The summed E-state index contributed by atoms with van der Waals surface area (Å²) < 4.78 is 5.79. The molecule has 3 aromatic carbocycles. The number of hydrogen-bond donors (Lipinski definition) is 1. The van der Waals surface area contributed by atoms with Crippen molar-refractivity contribution in [3.8, 4) is 11.5 Å². The molecule has 5 aromatic rings. The van der Waals surface area contributed by atoms with Crippen LogP contribution in [0.5, 0.6) is 0 Å². The highest BCUT2D eigenvalue weighted by Crippen LogP contribution is 2.28. The Balaban J connectivity index is 1.48. The number of amides is 1. The molecule has 2 aromatic heterocycles. The molecule has 0 unspecified atom stereocenters. The van der Waals surface area contributed by atoms with Crippen LogP contribution >= 0.6 is 11.6 Å². The van der Waals surface area contributed by atoms with Crippen molar-refractivity contribution < 1.29 is 9.21 Å². The normalized spacial score (nSPS) is 11.1. The quantitative estimate of drug-likeness (QED) is 0.407. The molecule has 5 rings (SSSR count). The van der Waals surface area contributed by atoms with E-state index in [0.717, 1.165) is 16.3 Å². The largest absolute Gasteiger partial charge is 0.436 e. The van der Waals surface area contributed by atoms with Crippen LogP contribution in [-0.2, 0) is 0 Å². The van der Waals surface area contributed by atoms with Crippen LogP contribution in [0.2, 0.25) is 5.02 Å². The summed E-state index contributed by atoms with van der Waals surface area (Å²) in [6.45, 7) is 0. The van der Waals surface area contributed by atoms with Crippen LogP contribution in [0.4, 0.5) is 5.69 Å². The Bertz CT molecular complexity index is 1360. The third-order valence-electron chi connectivity index (χ3n) is 4.67. The van der Waals surface area contributed by atoms with Crippen molar-refractivity contribution in [2.75, 3.05) is 5.32 Å². The second-order valence-electron chi connectivity index (χ2n) is 6.54. The van der Waals surface area contributed by atoms with Crippen LogP contribution < -0.4 is 5.32 Å². The van der Waals surface area contributed by atoms with Crippen LogP contribution in [0.1, 0.15) is 10.4 Å². The molecule has 0 bridgehead atoms. The lowest BCUT2D eigenvalue weighted by molar-refractivity contribution is 0.102. The Morgan fingerprint density at radius 2 is 1.83 bits per heavy atom. The lowest BCUT2D eigenvalue weighted by Gasteiger charge is -2.09. The highest BCUT2D eigenvalue weighted by atomic mass is 35.5. The summed E-state index contributed by atoms with van der Waals surface area (Å²) in [6.07, 6.45) is 3.39. The third kappa shape index (κ3) is 3.22. The molecule has 5 nitrogen and oxygen atoms in total. The van der Waals surface area contributed by atoms with Crippen LogP contribution in [0.3, 0.4) is 0 Å². The topological polar surface area (TPSA) is 68.0 Å². The minimum Gasteiger partial charge on any atom is -0.436 e. The second kappa shape index (κ2) is 7.04. The van der Waals surface area contributed by atoms with Crippen LogP contribution in [-0.4, -0.2) is 15.9 Å². The summed E-state index contributed by atoms with van der Waals surface area (Å²) in [5, 5.41) is 5.20. The van der Waals surface area contributed by atoms with Gasteiger partial charge in [0.15, 0.2) is 5.58 Å². The van der Waals surface area contributed by atoms with E-state index in [4.69, 9.17) is 16.0 Å². The molecule has 0 atom stereocenters. The molecule has 0 aliphatic heterocycles. The van der Waals surface area contributed by atoms with Crippen molar-refractivity contribution in [3.63, 3.8) is 0 Å². The number of hydrogen-bond acceptors (Lipinski definition) is 4. The zero-order valence-corrected chi connectivity index (χ0v) is 15.9. The van der Waals surface area contributed by atoms with Crippen LogP contribution in [0, 0.1) is 0 Å². The number of carbonyl (C=O) groups is 1. The predicted molar refractivity (Wildman–Crippen MR) is 114 cm³/mol. The molecule has 1 amide bonds. The number of rotatable bonds is 3. The zero-order valence-electron chi connectivity index (χ0n) is 15.1.